The first kappa shape index (κ1) is 121. The van der Waals surface area contributed by atoms with E-state index in [0.29, 0.717) is 60.3 Å². The first-order chi connectivity index (χ1) is 69.8. The fraction of sp³-hybridized carbons (Fsp3) is 0.525. The van der Waals surface area contributed by atoms with Crippen LogP contribution in [0.2, 0.25) is 0 Å². The average molecular weight is 2200 g/mol. The van der Waals surface area contributed by atoms with Crippen molar-refractivity contribution in [2.24, 2.45) is 43.0 Å². The van der Waals surface area contributed by atoms with E-state index in [-0.39, 0.29) is 212 Å². The van der Waals surface area contributed by atoms with Crippen LogP contribution < -0.4 is 158 Å². The quantitative estimate of drug-likeness (QED) is 0.0175. The molecule has 150 heavy (non-hydrogen) atoms. The number of aliphatic hydroxyl groups is 2. The van der Waals surface area contributed by atoms with E-state index in [1.165, 1.54) is 16.7 Å². The number of aliphatic hydroxyl groups excluding tert-OH is 2. The standard InChI is InChI=1S/C18H22N2O4.C18H22N2O3S.C17H20N2O2.C16H20O3.2C15H18O3.C15H16O3.C3H4.CH4.B.Cs.FH.Na.H/c1-23-12-5-7-17(8-6-12)10-11-3-4-13(24-2)9-14(11)18(17)15(21)19-16(22)20-18;1-22-12-5-7-17(8-6-12)10-11-3-4-13(23-2)9-14(11)18(17)15(21)19-16(24)20-18;1-18-19-16-15-10-14(21-3)5-4-12(15)11-17(16)8-6-13(20-2)7-9-17;1-18-12-5-7-16(8-6-12)10-11-3-4-13(19-2)9-14(11)15(16)17;3*1-18-12-3-2-10-9-15(14(17)13(10)8-12)6-4-11(16)5-7-15;1-3-2;;;;;;/h3-4,9,12H,5-8,10H2,1-2H3,(H2,19,20,21,22);3-4,9,12H,5-8,10H2,1-2H3,(H2,19,20,21,24);4-5,10,13H,6-9,11H2,2-3H3;3-4,9,12H,5-8,10H2,1-2H3;2*2-3,8,11,16H,4-7,9H2,1H3;2-3,8H,4-7,9H2,1H3;1-2H2;1H4;;;1H;;/q;;;;;;;;;;+1;;+1;-1/p-1/b;;19-16+;;;;;;;;;;;. The monoisotopic (exact) mass is 2200 g/mol. The summed E-state index contributed by atoms with van der Waals surface area (Å²) >= 11 is 5.30. The van der Waals surface area contributed by atoms with Gasteiger partial charge in [-0.2, -0.15) is 6.57 Å². The van der Waals surface area contributed by atoms with Gasteiger partial charge in [0.2, 0.25) is 0 Å². The van der Waals surface area contributed by atoms with E-state index in [4.69, 9.17) is 70.9 Å². The zero-order valence-electron chi connectivity index (χ0n) is 89.7. The number of carbonyl (C=O) groups excluding carboxylic acids is 8. The van der Waals surface area contributed by atoms with Crippen molar-refractivity contribution in [3.05, 3.63) is 236 Å². The number of nitrogens with one attached hydrogen (secondary N) is 4. The molecule has 9 fully saturated rings. The third-order valence-electron chi connectivity index (χ3n) is 35.4. The maximum absolute atomic E-state index is 13.1. The minimum Gasteiger partial charge on any atom is -1.00 e. The van der Waals surface area contributed by atoms with Crippen LogP contribution in [0.4, 0.5) is 4.79 Å². The van der Waals surface area contributed by atoms with E-state index in [1.807, 2.05) is 115 Å². The molecule has 7 aromatic rings. The van der Waals surface area contributed by atoms with Crippen molar-refractivity contribution >= 4 is 78.2 Å². The molecule has 27 nitrogen and oxygen atoms in total. The summed E-state index contributed by atoms with van der Waals surface area (Å²) in [6.45, 7) is 13.4. The molecule has 2 unspecified atom stereocenters. The van der Waals surface area contributed by atoms with Gasteiger partial charge in [-0.15, -0.1) is 10.7 Å². The molecule has 4 amide bonds. The number of methoxy groups -OCH3 is 11. The van der Waals surface area contributed by atoms with E-state index in [0.717, 1.165) is 300 Å². The Morgan fingerprint density at radius 3 is 0.907 bits per heavy atom. The van der Waals surface area contributed by atoms with E-state index >= 15 is 0 Å². The van der Waals surface area contributed by atoms with Crippen LogP contribution >= 0.6 is 12.2 Å². The fourth-order valence-corrected chi connectivity index (χ4v) is 27.3. The summed E-state index contributed by atoms with van der Waals surface area (Å²) in [7, 11) is 18.5. The number of hydrogen-bond donors (Lipinski definition) is 6. The van der Waals surface area contributed by atoms with E-state index < -0.39 is 17.1 Å². The second kappa shape index (κ2) is 51.3. The number of ketones is 5. The number of benzene rings is 7. The average Bonchev–Trinajstić information content (AvgIpc) is 1.53. The van der Waals surface area contributed by atoms with Crippen LogP contribution in [0.15, 0.2) is 151 Å². The van der Waals surface area contributed by atoms with Gasteiger partial charge < -0.3 is 84.4 Å². The third kappa shape index (κ3) is 23.5. The molecule has 0 aromatic heterocycles. The normalized spacial score (nSPS) is 28.8. The Bertz CT molecular complexity index is 6000. The number of Topliss-reactive ketones (excluding diaryl/α,β-unsaturated/α-hetero) is 5. The van der Waals surface area contributed by atoms with Crippen molar-refractivity contribution in [1.82, 2.24) is 21.3 Å². The second-order valence-electron chi connectivity index (χ2n) is 42.5. The number of amides is 4. The third-order valence-corrected chi connectivity index (χ3v) is 35.6. The number of thiocarbonyl (C=S) groups is 1. The zero-order valence-corrected chi connectivity index (χ0v) is 97.8. The van der Waals surface area contributed by atoms with Crippen molar-refractivity contribution in [3.63, 3.8) is 0 Å². The molecule has 7 aromatic carbocycles. The zero-order chi connectivity index (χ0) is 103. The van der Waals surface area contributed by atoms with Gasteiger partial charge in [-0.1, -0.05) is 63.0 Å². The summed E-state index contributed by atoms with van der Waals surface area (Å²) in [4.78, 5) is 103. The van der Waals surface area contributed by atoms with Crippen molar-refractivity contribution in [2.75, 3.05) is 78.2 Å². The van der Waals surface area contributed by atoms with Crippen LogP contribution in [0.1, 0.15) is 286 Å². The molecule has 14 aliphatic carbocycles. The van der Waals surface area contributed by atoms with Gasteiger partial charge in [-0.05, 0) is 359 Å². The molecule has 2 aliphatic heterocycles. The molecule has 2 heterocycles. The number of ether oxygens (including phenoxy) is 11. The van der Waals surface area contributed by atoms with Gasteiger partial charge in [-0.25, -0.2) is 4.79 Å². The fourth-order valence-electron chi connectivity index (χ4n) is 27.1. The Morgan fingerprint density at radius 2 is 0.627 bits per heavy atom. The number of urea groups is 1. The summed E-state index contributed by atoms with van der Waals surface area (Å²) in [5, 5.41) is 35.5. The summed E-state index contributed by atoms with van der Waals surface area (Å²) in [6, 6.07) is 40.8. The SMILES string of the molecule is C.C=C=C.COc1ccc2c(c1)C(=O)C1(CCC(=O)CC1)C2.COc1ccc2c(c1)C(=O)C1(CCC(O)CC1)C2.COc1ccc2c(c1)C(=O)C1(CCC(O)CC1)C2.COc1ccc2c(c1)C(=O)C1(CCC(OC)CC1)C2.COc1ccc2c(c1)C1(NC(=O)NC1=O)C1(CCC(OC)CC1)C2.COc1ccc2c(c1)C1(NC(=S)NC1=O)C1(CCC(OC)CC1)C2.[B].[C-]#[N+]/N=C1\c2cc(OC)ccc2CC12CCC(OC)CC2.[Cs+].[F-].[H-].[Na+]. The molecule has 2 saturated heterocycles. The number of carbonyl (C=O) groups is 8. The predicted octanol–water partition coefficient (Wildman–Crippen LogP) is 9.96. The topological polar surface area (TPSA) is 343 Å². The number of imide groups is 1. The minimum atomic E-state index is -0.993. The first-order valence-corrected chi connectivity index (χ1v) is 51.7. The Labute approximate surface area is 971 Å². The molecular weight excluding hydrogens is 2060 g/mol. The summed E-state index contributed by atoms with van der Waals surface area (Å²) in [6.07, 6.45) is 30.8. The molecule has 23 rings (SSSR count). The molecule has 7 saturated carbocycles. The number of hydrogen-bond acceptors (Lipinski definition) is 23. The molecule has 3 radical (unpaired) electrons. The molecule has 9 spiro atoms. The van der Waals surface area contributed by atoms with Gasteiger partial charge in [0.15, 0.2) is 39.3 Å². The largest absolute Gasteiger partial charge is 1.00 e. The minimum absolute atomic E-state index is 0. The predicted molar refractivity (Wildman–Crippen MR) is 566 cm³/mol. The Morgan fingerprint density at radius 1 is 0.373 bits per heavy atom. The van der Waals surface area contributed by atoms with Crippen molar-refractivity contribution in [2.45, 2.75) is 280 Å². The van der Waals surface area contributed by atoms with Crippen LogP contribution in [0, 0.1) is 44.5 Å². The van der Waals surface area contributed by atoms with Crippen LogP contribution in [-0.2, 0) is 89.4 Å². The van der Waals surface area contributed by atoms with E-state index in [2.05, 4.69) is 62.3 Å². The van der Waals surface area contributed by atoms with E-state index in [9.17, 15) is 48.6 Å². The number of halogens is 1. The van der Waals surface area contributed by atoms with E-state index in [1.54, 1.807) is 78.2 Å². The second-order valence-corrected chi connectivity index (χ2v) is 42.9. The molecule has 16 aliphatic rings. The van der Waals surface area contributed by atoms with Crippen LogP contribution in [-0.4, -0.2) is 191 Å². The molecule has 0 bridgehead atoms. The molecule has 791 valence electrons. The van der Waals surface area contributed by atoms with Crippen molar-refractivity contribution in [1.29, 1.82) is 0 Å². The van der Waals surface area contributed by atoms with Gasteiger partial charge in [0.05, 0.1) is 91.5 Å². The van der Waals surface area contributed by atoms with Gasteiger partial charge >= 0.3 is 104 Å². The maximum atomic E-state index is 13.1. The summed E-state index contributed by atoms with van der Waals surface area (Å²) in [5.74, 6) is 6.34. The number of fused-ring (bicyclic) bond motifs is 11. The van der Waals surface area contributed by atoms with Crippen LogP contribution in [0.3, 0.4) is 0 Å². The van der Waals surface area contributed by atoms with Gasteiger partial charge in [0, 0.05) is 115 Å². The van der Waals surface area contributed by atoms with Gasteiger partial charge in [0.25, 0.3) is 11.8 Å². The molecule has 6 N–H and O–H groups in total. The Kier molecular flexibility index (Phi) is 41.6. The Balaban J connectivity index is 0.000000178. The van der Waals surface area contributed by atoms with Gasteiger partial charge in [-0.3, -0.25) is 38.9 Å². The van der Waals surface area contributed by atoms with Crippen LogP contribution in [0.25, 0.3) is 4.95 Å². The molecular formula is C118H145BCsFN6NaO21S. The number of rotatable bonds is 11. The van der Waals surface area contributed by atoms with Crippen molar-refractivity contribution < 1.29 is 205 Å². The molecule has 32 heteroatoms. The Hall–Kier alpha value is -8.72. The maximum Gasteiger partial charge on any atom is 1.00 e. The van der Waals surface area contributed by atoms with Crippen molar-refractivity contribution in [3.8, 4) is 40.2 Å². The van der Waals surface area contributed by atoms with Crippen LogP contribution in [0.5, 0.6) is 40.2 Å². The number of nitrogens with zero attached hydrogens (tertiary/aromatic N) is 2. The summed E-state index contributed by atoms with van der Waals surface area (Å²) < 4.78 is 58.8. The first-order valence-electron chi connectivity index (χ1n) is 51.2. The molecule has 2 atom stereocenters. The van der Waals surface area contributed by atoms with Gasteiger partial charge in [0.1, 0.15) is 51.7 Å². The smallest absolute Gasteiger partial charge is 1.00 e. The summed E-state index contributed by atoms with van der Waals surface area (Å²) in [5.41, 5.74) is 14.5.